The van der Waals surface area contributed by atoms with E-state index in [-0.39, 0.29) is 18.5 Å². The van der Waals surface area contributed by atoms with Gasteiger partial charge in [0.15, 0.2) is 0 Å². The summed E-state index contributed by atoms with van der Waals surface area (Å²) >= 11 is 0. The van der Waals surface area contributed by atoms with Gasteiger partial charge in [-0.15, -0.1) is 0 Å². The number of likely N-dealkylation sites (N-methyl/N-ethyl adjacent to an activating group) is 1. The Morgan fingerprint density at radius 3 is 2.48 bits per heavy atom. The van der Waals surface area contributed by atoms with Gasteiger partial charge >= 0.3 is 0 Å². The van der Waals surface area contributed by atoms with E-state index in [0.29, 0.717) is 12.1 Å². The number of aliphatic hydroxyl groups is 1. The summed E-state index contributed by atoms with van der Waals surface area (Å²) in [7, 11) is -2.01. The molecule has 0 radical (unpaired) electrons. The predicted molar refractivity (Wildman–Crippen MR) is 107 cm³/mol. The molecule has 27 heavy (non-hydrogen) atoms. The van der Waals surface area contributed by atoms with Crippen LogP contribution >= 0.6 is 0 Å². The topological polar surface area (TPSA) is 77.9 Å². The van der Waals surface area contributed by atoms with E-state index in [0.717, 1.165) is 40.6 Å². The van der Waals surface area contributed by atoms with E-state index in [4.69, 9.17) is 0 Å². The summed E-state index contributed by atoms with van der Waals surface area (Å²) in [5.74, 6) is -0.320. The molecule has 7 heteroatoms. The molecule has 2 unspecified atom stereocenters. The number of aliphatic hydroxyl groups excluding tert-OH is 1. The molecule has 1 aliphatic rings. The molecule has 1 N–H and O–H groups in total. The number of rotatable bonds is 5. The molecule has 146 valence electrons. The zero-order chi connectivity index (χ0) is 19.6. The molecular weight excluding hydrogens is 364 g/mol. The molecule has 3 rings (SSSR count). The maximum absolute atomic E-state index is 12.9. The fourth-order valence-electron chi connectivity index (χ4n) is 3.77. The first-order valence-corrected chi connectivity index (χ1v) is 11.0. The number of hydrogen-bond donors (Lipinski definition) is 1. The molecule has 1 amide bonds. The van der Waals surface area contributed by atoms with Gasteiger partial charge in [-0.3, -0.25) is 9.10 Å². The van der Waals surface area contributed by atoms with E-state index in [1.807, 2.05) is 30.3 Å². The molecule has 1 aliphatic carbocycles. The second kappa shape index (κ2) is 7.86. The molecule has 0 aliphatic heterocycles. The molecular formula is C20H26N2O4S. The van der Waals surface area contributed by atoms with Gasteiger partial charge in [-0.1, -0.05) is 49.2 Å². The normalized spacial score (nSPS) is 20.4. The SMILES string of the molecule is CN(C(=O)CN(c1cccc2ccccc12)S(C)(=O)=O)C1CCCCC1O. The third-order valence-electron chi connectivity index (χ3n) is 5.30. The van der Waals surface area contributed by atoms with Crippen LogP contribution in [-0.4, -0.2) is 56.3 Å². The lowest BCUT2D eigenvalue weighted by atomic mass is 9.91. The molecule has 2 atom stereocenters. The standard InChI is InChI=1S/C20H26N2O4S/c1-21(18-11-5-6-13-19(18)23)20(24)14-22(27(2,25)26)17-12-7-9-15-8-3-4-10-16(15)17/h3-4,7-10,12,18-19,23H,5-6,11,13-14H2,1-2H3. The van der Waals surface area contributed by atoms with Crippen molar-refractivity contribution in [3.63, 3.8) is 0 Å². The van der Waals surface area contributed by atoms with Crippen LogP contribution in [0.15, 0.2) is 42.5 Å². The number of carbonyl (C=O) groups excluding carboxylic acids is 1. The predicted octanol–water partition coefficient (Wildman–Crippen LogP) is 2.37. The van der Waals surface area contributed by atoms with Crippen molar-refractivity contribution < 1.29 is 18.3 Å². The summed E-state index contributed by atoms with van der Waals surface area (Å²) in [4.78, 5) is 14.4. The second-order valence-corrected chi connectivity index (χ2v) is 9.10. The lowest BCUT2D eigenvalue weighted by Gasteiger charge is -2.36. The van der Waals surface area contributed by atoms with Crippen LogP contribution in [0.4, 0.5) is 5.69 Å². The Kier molecular flexibility index (Phi) is 5.72. The third kappa shape index (κ3) is 4.25. The molecule has 6 nitrogen and oxygen atoms in total. The van der Waals surface area contributed by atoms with E-state index in [9.17, 15) is 18.3 Å². The molecule has 0 aromatic heterocycles. The highest BCUT2D eigenvalue weighted by Crippen LogP contribution is 2.29. The monoisotopic (exact) mass is 390 g/mol. The van der Waals surface area contributed by atoms with Gasteiger partial charge in [0.05, 0.1) is 24.1 Å². The van der Waals surface area contributed by atoms with E-state index < -0.39 is 16.1 Å². The van der Waals surface area contributed by atoms with Crippen molar-refractivity contribution in [1.82, 2.24) is 4.90 Å². The Bertz CT molecular complexity index is 923. The maximum atomic E-state index is 12.9. The van der Waals surface area contributed by atoms with Crippen molar-refractivity contribution in [2.45, 2.75) is 37.8 Å². The van der Waals surface area contributed by atoms with Crippen LogP contribution in [0.25, 0.3) is 10.8 Å². The minimum absolute atomic E-state index is 0.264. The van der Waals surface area contributed by atoms with Crippen LogP contribution in [0.3, 0.4) is 0 Å². The average molecular weight is 391 g/mol. The Morgan fingerprint density at radius 2 is 1.78 bits per heavy atom. The first kappa shape index (κ1) is 19.6. The van der Waals surface area contributed by atoms with Gasteiger partial charge in [0.25, 0.3) is 0 Å². The van der Waals surface area contributed by atoms with Crippen LogP contribution in [0.5, 0.6) is 0 Å². The molecule has 0 heterocycles. The van der Waals surface area contributed by atoms with Crippen LogP contribution in [0, 0.1) is 0 Å². The van der Waals surface area contributed by atoms with Gasteiger partial charge in [0.1, 0.15) is 6.54 Å². The number of hydrogen-bond acceptors (Lipinski definition) is 4. The van der Waals surface area contributed by atoms with Gasteiger partial charge in [-0.05, 0) is 24.3 Å². The molecule has 0 bridgehead atoms. The zero-order valence-corrected chi connectivity index (χ0v) is 16.5. The highest BCUT2D eigenvalue weighted by atomic mass is 32.2. The van der Waals surface area contributed by atoms with E-state index in [1.54, 1.807) is 19.2 Å². The number of sulfonamides is 1. The van der Waals surface area contributed by atoms with Crippen molar-refractivity contribution in [2.75, 3.05) is 24.2 Å². The van der Waals surface area contributed by atoms with Crippen LogP contribution in [0.1, 0.15) is 25.7 Å². The molecule has 2 aromatic rings. The summed E-state index contributed by atoms with van der Waals surface area (Å²) < 4.78 is 26.1. The minimum atomic E-state index is -3.66. The van der Waals surface area contributed by atoms with Crippen molar-refractivity contribution in [2.24, 2.45) is 0 Å². The Labute approximate surface area is 160 Å². The Hall–Kier alpha value is -2.12. The van der Waals surface area contributed by atoms with Crippen molar-refractivity contribution >= 4 is 32.4 Å². The van der Waals surface area contributed by atoms with Crippen molar-refractivity contribution in [3.05, 3.63) is 42.5 Å². The highest BCUT2D eigenvalue weighted by molar-refractivity contribution is 7.92. The van der Waals surface area contributed by atoms with Gasteiger partial charge in [0, 0.05) is 12.4 Å². The zero-order valence-electron chi connectivity index (χ0n) is 15.7. The summed E-state index contributed by atoms with van der Waals surface area (Å²) in [5, 5.41) is 11.9. The third-order valence-corrected chi connectivity index (χ3v) is 6.43. The molecule has 0 spiro atoms. The number of nitrogens with zero attached hydrogens (tertiary/aromatic N) is 2. The van der Waals surface area contributed by atoms with Gasteiger partial charge in [-0.2, -0.15) is 0 Å². The first-order chi connectivity index (χ1) is 12.8. The number of fused-ring (bicyclic) bond motifs is 1. The maximum Gasteiger partial charge on any atom is 0.243 e. The van der Waals surface area contributed by atoms with Gasteiger partial charge < -0.3 is 10.0 Å². The largest absolute Gasteiger partial charge is 0.391 e. The Balaban J connectivity index is 1.91. The quantitative estimate of drug-likeness (QED) is 0.850. The molecule has 2 aromatic carbocycles. The van der Waals surface area contributed by atoms with Gasteiger partial charge in [0.2, 0.25) is 15.9 Å². The van der Waals surface area contributed by atoms with Crippen LogP contribution in [-0.2, 0) is 14.8 Å². The van der Waals surface area contributed by atoms with Crippen LogP contribution in [0.2, 0.25) is 0 Å². The first-order valence-electron chi connectivity index (χ1n) is 9.18. The second-order valence-electron chi connectivity index (χ2n) is 7.19. The number of benzene rings is 2. The molecule has 1 saturated carbocycles. The number of anilines is 1. The molecule has 1 fully saturated rings. The average Bonchev–Trinajstić information content (AvgIpc) is 2.64. The summed E-state index contributed by atoms with van der Waals surface area (Å²) in [6, 6.07) is 12.6. The smallest absolute Gasteiger partial charge is 0.243 e. The summed E-state index contributed by atoms with van der Waals surface area (Å²) in [6.45, 7) is -0.285. The summed E-state index contributed by atoms with van der Waals surface area (Å²) in [5.41, 5.74) is 0.488. The van der Waals surface area contributed by atoms with Crippen LogP contribution < -0.4 is 4.31 Å². The van der Waals surface area contributed by atoms with E-state index in [2.05, 4.69) is 0 Å². The fraction of sp³-hybridized carbons (Fsp3) is 0.450. The summed E-state index contributed by atoms with van der Waals surface area (Å²) in [6.07, 6.45) is 3.86. The minimum Gasteiger partial charge on any atom is -0.391 e. The lowest BCUT2D eigenvalue weighted by Crippen LogP contribution is -2.50. The number of carbonyl (C=O) groups is 1. The van der Waals surface area contributed by atoms with Gasteiger partial charge in [-0.25, -0.2) is 8.42 Å². The van der Waals surface area contributed by atoms with Crippen molar-refractivity contribution in [1.29, 1.82) is 0 Å². The van der Waals surface area contributed by atoms with Crippen molar-refractivity contribution in [3.8, 4) is 0 Å². The van der Waals surface area contributed by atoms with E-state index >= 15 is 0 Å². The molecule has 0 saturated heterocycles. The number of amides is 1. The van der Waals surface area contributed by atoms with E-state index in [1.165, 1.54) is 4.90 Å². The fourth-order valence-corrected chi connectivity index (χ4v) is 4.63. The Morgan fingerprint density at radius 1 is 1.11 bits per heavy atom. The highest BCUT2D eigenvalue weighted by Gasteiger charge is 2.31. The lowest BCUT2D eigenvalue weighted by molar-refractivity contribution is -0.133.